The molecule has 0 amide bonds. The molecule has 1 N–H and O–H groups in total. The summed E-state index contributed by atoms with van der Waals surface area (Å²) in [5, 5.41) is 11.1. The molecule has 0 saturated heterocycles. The van der Waals surface area contributed by atoms with E-state index in [1.807, 2.05) is 20.8 Å². The highest BCUT2D eigenvalue weighted by atomic mass is 16.6. The van der Waals surface area contributed by atoms with Crippen LogP contribution in [0.5, 0.6) is 5.75 Å². The second-order valence-corrected chi connectivity index (χ2v) is 6.26. The van der Waals surface area contributed by atoms with E-state index >= 15 is 0 Å². The van der Waals surface area contributed by atoms with Gasteiger partial charge in [-0.05, 0) is 55.3 Å². The fourth-order valence-electron chi connectivity index (χ4n) is 2.05. The number of phenolic OH excluding ortho intramolecular Hbond substituents is 1. The summed E-state index contributed by atoms with van der Waals surface area (Å²) in [5.74, 6) is -0.600. The zero-order valence-corrected chi connectivity index (χ0v) is 14.2. The van der Waals surface area contributed by atoms with Crippen molar-refractivity contribution >= 4 is 22.7 Å². The number of esters is 2. The molecule has 128 valence electrons. The van der Waals surface area contributed by atoms with Crippen LogP contribution in [0.3, 0.4) is 0 Å². The highest BCUT2D eigenvalue weighted by molar-refractivity contribution is 5.95. The van der Waals surface area contributed by atoms with Gasteiger partial charge in [-0.1, -0.05) is 19.1 Å². The van der Waals surface area contributed by atoms with Crippen LogP contribution in [0.4, 0.5) is 0 Å². The molecule has 5 nitrogen and oxygen atoms in total. The van der Waals surface area contributed by atoms with Crippen LogP contribution in [0.15, 0.2) is 36.4 Å². The van der Waals surface area contributed by atoms with Gasteiger partial charge in [0.2, 0.25) is 0 Å². The van der Waals surface area contributed by atoms with E-state index in [4.69, 9.17) is 9.47 Å². The number of carbonyl (C=O) groups excluding carboxylic acids is 2. The number of carbonyl (C=O) groups is 2. The van der Waals surface area contributed by atoms with Crippen molar-refractivity contribution in [3.8, 4) is 5.75 Å². The largest absolute Gasteiger partial charge is 0.508 e. The number of phenols is 1. The van der Waals surface area contributed by atoms with Crippen molar-refractivity contribution in [2.24, 2.45) is 5.41 Å². The fourth-order valence-corrected chi connectivity index (χ4v) is 2.05. The molecule has 0 atom stereocenters. The first kappa shape index (κ1) is 17.8. The molecule has 2 rings (SSSR count). The lowest BCUT2D eigenvalue weighted by Gasteiger charge is -2.20. The van der Waals surface area contributed by atoms with E-state index in [9.17, 15) is 14.7 Å². The molecular weight excluding hydrogens is 308 g/mol. The molecule has 0 aromatic heterocycles. The number of hydrogen-bond donors (Lipinski definition) is 1. The molecule has 0 fully saturated rings. The summed E-state index contributed by atoms with van der Waals surface area (Å²) in [5.41, 5.74) is -0.123. The zero-order valence-electron chi connectivity index (χ0n) is 14.2. The average Bonchev–Trinajstić information content (AvgIpc) is 2.57. The van der Waals surface area contributed by atoms with Gasteiger partial charge in [0, 0.05) is 0 Å². The summed E-state index contributed by atoms with van der Waals surface area (Å²) in [6.07, 6.45) is 0.679. The van der Waals surface area contributed by atoms with Gasteiger partial charge in [-0.2, -0.15) is 0 Å². The highest BCUT2D eigenvalue weighted by Crippen LogP contribution is 2.22. The van der Waals surface area contributed by atoms with Gasteiger partial charge < -0.3 is 14.6 Å². The van der Waals surface area contributed by atoms with Crippen molar-refractivity contribution in [2.45, 2.75) is 27.2 Å². The maximum Gasteiger partial charge on any atom is 0.338 e. The molecule has 0 aliphatic rings. The van der Waals surface area contributed by atoms with Gasteiger partial charge in [-0.15, -0.1) is 0 Å². The fraction of sp³-hybridized carbons (Fsp3) is 0.368. The Kier molecular flexibility index (Phi) is 5.44. The minimum atomic E-state index is -0.534. The Morgan fingerprint density at radius 2 is 1.62 bits per heavy atom. The second-order valence-electron chi connectivity index (χ2n) is 6.26. The minimum absolute atomic E-state index is 0.0119. The van der Waals surface area contributed by atoms with Gasteiger partial charge in [0.1, 0.15) is 19.0 Å². The summed E-state index contributed by atoms with van der Waals surface area (Å²) in [6, 6.07) is 10.00. The van der Waals surface area contributed by atoms with Crippen LogP contribution in [0.2, 0.25) is 0 Å². The Bertz CT molecular complexity index is 749. The van der Waals surface area contributed by atoms with Crippen molar-refractivity contribution in [1.29, 1.82) is 0 Å². The Balaban J connectivity index is 1.89. The minimum Gasteiger partial charge on any atom is -0.508 e. The maximum atomic E-state index is 12.0. The van der Waals surface area contributed by atoms with Gasteiger partial charge in [-0.3, -0.25) is 4.79 Å². The van der Waals surface area contributed by atoms with Crippen LogP contribution in [-0.4, -0.2) is 30.3 Å². The Labute approximate surface area is 141 Å². The maximum absolute atomic E-state index is 12.0. The molecule has 0 saturated carbocycles. The second kappa shape index (κ2) is 7.34. The monoisotopic (exact) mass is 330 g/mol. The average molecular weight is 330 g/mol. The summed E-state index contributed by atoms with van der Waals surface area (Å²) >= 11 is 0. The van der Waals surface area contributed by atoms with E-state index in [1.165, 1.54) is 0 Å². The lowest BCUT2D eigenvalue weighted by Crippen LogP contribution is -2.27. The first-order chi connectivity index (χ1) is 11.3. The van der Waals surface area contributed by atoms with Crippen LogP contribution in [0.25, 0.3) is 10.8 Å². The van der Waals surface area contributed by atoms with Crippen molar-refractivity contribution in [2.75, 3.05) is 13.2 Å². The van der Waals surface area contributed by atoms with E-state index in [2.05, 4.69) is 0 Å². The third-order valence-electron chi connectivity index (χ3n) is 4.05. The van der Waals surface area contributed by atoms with Gasteiger partial charge >= 0.3 is 11.9 Å². The third kappa shape index (κ3) is 4.25. The molecule has 0 unspecified atom stereocenters. The van der Waals surface area contributed by atoms with Crippen LogP contribution in [0.1, 0.15) is 37.6 Å². The smallest absolute Gasteiger partial charge is 0.338 e. The van der Waals surface area contributed by atoms with Gasteiger partial charge in [0.25, 0.3) is 0 Å². The van der Waals surface area contributed by atoms with Crippen molar-refractivity contribution in [3.05, 3.63) is 42.0 Å². The molecule has 5 heteroatoms. The molecule has 0 aliphatic carbocycles. The summed E-state index contributed by atoms with van der Waals surface area (Å²) in [7, 11) is 0. The first-order valence-corrected chi connectivity index (χ1v) is 7.90. The van der Waals surface area contributed by atoms with E-state index in [0.717, 1.165) is 10.8 Å². The summed E-state index contributed by atoms with van der Waals surface area (Å²) < 4.78 is 10.3. The Morgan fingerprint density at radius 3 is 2.33 bits per heavy atom. The van der Waals surface area contributed by atoms with E-state index in [0.29, 0.717) is 12.0 Å². The lowest BCUT2D eigenvalue weighted by atomic mass is 9.91. The van der Waals surface area contributed by atoms with Crippen LogP contribution in [0, 0.1) is 5.41 Å². The molecule has 0 radical (unpaired) electrons. The van der Waals surface area contributed by atoms with Crippen molar-refractivity contribution in [1.82, 2.24) is 0 Å². The Hall–Kier alpha value is -2.56. The Morgan fingerprint density at radius 1 is 1.00 bits per heavy atom. The van der Waals surface area contributed by atoms with Gasteiger partial charge in [0.15, 0.2) is 0 Å². The normalized spacial score (nSPS) is 11.3. The molecule has 2 aromatic carbocycles. The standard InChI is InChI=1S/C19H22O5/c1-4-19(2,3)18(22)24-10-9-23-17(21)15-6-5-14-12-16(20)8-7-13(14)11-15/h5-8,11-12,20H,4,9-10H2,1-3H3. The number of benzene rings is 2. The molecule has 0 spiro atoms. The number of fused-ring (bicyclic) bond motifs is 1. The topological polar surface area (TPSA) is 72.8 Å². The van der Waals surface area contributed by atoms with Crippen LogP contribution in [-0.2, 0) is 14.3 Å². The molecule has 2 aromatic rings. The number of rotatable bonds is 6. The van der Waals surface area contributed by atoms with Crippen molar-refractivity contribution in [3.63, 3.8) is 0 Å². The predicted molar refractivity (Wildman–Crippen MR) is 90.9 cm³/mol. The van der Waals surface area contributed by atoms with Crippen molar-refractivity contribution < 1.29 is 24.2 Å². The van der Waals surface area contributed by atoms with Gasteiger partial charge in [0.05, 0.1) is 11.0 Å². The molecule has 0 bridgehead atoms. The van der Waals surface area contributed by atoms with E-state index in [-0.39, 0.29) is 24.9 Å². The zero-order chi connectivity index (χ0) is 17.7. The number of aromatic hydroxyl groups is 1. The summed E-state index contributed by atoms with van der Waals surface area (Å²) in [6.45, 7) is 5.59. The lowest BCUT2D eigenvalue weighted by molar-refractivity contribution is -0.155. The number of hydrogen-bond acceptors (Lipinski definition) is 5. The van der Waals surface area contributed by atoms with Crippen LogP contribution < -0.4 is 0 Å². The SMILES string of the molecule is CCC(C)(C)C(=O)OCCOC(=O)c1ccc2cc(O)ccc2c1. The first-order valence-electron chi connectivity index (χ1n) is 7.90. The summed E-state index contributed by atoms with van der Waals surface area (Å²) in [4.78, 5) is 23.8. The third-order valence-corrected chi connectivity index (χ3v) is 4.05. The molecular formula is C19H22O5. The molecule has 0 aliphatic heterocycles. The predicted octanol–water partition coefficient (Wildman–Crippen LogP) is 3.68. The van der Waals surface area contributed by atoms with Gasteiger partial charge in [-0.25, -0.2) is 4.79 Å². The highest BCUT2D eigenvalue weighted by Gasteiger charge is 2.26. The van der Waals surface area contributed by atoms with E-state index in [1.54, 1.807) is 36.4 Å². The molecule has 24 heavy (non-hydrogen) atoms. The molecule has 0 heterocycles. The quantitative estimate of drug-likeness (QED) is 0.646. The van der Waals surface area contributed by atoms with Crippen LogP contribution >= 0.6 is 0 Å². The van der Waals surface area contributed by atoms with E-state index < -0.39 is 11.4 Å². The number of ether oxygens (including phenoxy) is 2.